The Morgan fingerprint density at radius 3 is 2.37 bits per heavy atom. The Kier molecular flexibility index (Phi) is 4.29. The lowest BCUT2D eigenvalue weighted by Gasteiger charge is -2.08. The van der Waals surface area contributed by atoms with E-state index in [1.54, 1.807) is 16.8 Å². The Labute approximate surface area is 157 Å². The van der Waals surface area contributed by atoms with Gasteiger partial charge in [-0.1, -0.05) is 29.8 Å². The monoisotopic (exact) mass is 382 g/mol. The van der Waals surface area contributed by atoms with Gasteiger partial charge in [-0.15, -0.1) is 0 Å². The number of hydrogen-bond donors (Lipinski definition) is 1. The fraction of sp³-hybridized carbons (Fsp3) is 0.158. The molecule has 0 bridgehead atoms. The van der Waals surface area contributed by atoms with Gasteiger partial charge in [-0.3, -0.25) is 0 Å². The number of nitrogens with two attached hydrogens (primary N) is 1. The van der Waals surface area contributed by atoms with Gasteiger partial charge in [0.1, 0.15) is 12.3 Å². The third-order valence-electron chi connectivity index (χ3n) is 4.27. The van der Waals surface area contributed by atoms with E-state index in [0.29, 0.717) is 30.4 Å². The lowest BCUT2D eigenvalue weighted by atomic mass is 10.1. The number of rotatable bonds is 4. The summed E-state index contributed by atoms with van der Waals surface area (Å²) in [5.41, 5.74) is 4.34. The van der Waals surface area contributed by atoms with Crippen molar-refractivity contribution in [2.45, 2.75) is 11.8 Å². The molecule has 0 amide bonds. The standard InChI is InChI=1S/C19H18N4O3S/c1-13-2-4-14(5-3-13)18-12-17(19-21-10-11-26-19)22-23(18)15-6-8-16(9-7-15)27(20,24)25/h2-9,12H,10-11H2,1H3,(H2,20,24,25). The maximum Gasteiger partial charge on any atom is 0.238 e. The summed E-state index contributed by atoms with van der Waals surface area (Å²) in [4.78, 5) is 4.39. The molecule has 1 aromatic heterocycles. The van der Waals surface area contributed by atoms with Crippen LogP contribution >= 0.6 is 0 Å². The van der Waals surface area contributed by atoms with E-state index < -0.39 is 10.0 Å². The molecule has 0 spiro atoms. The fourth-order valence-corrected chi connectivity index (χ4v) is 3.39. The van der Waals surface area contributed by atoms with Crippen LogP contribution in [0.4, 0.5) is 0 Å². The lowest BCUT2D eigenvalue weighted by Crippen LogP contribution is -2.12. The van der Waals surface area contributed by atoms with Crippen molar-refractivity contribution in [3.05, 3.63) is 65.9 Å². The summed E-state index contributed by atoms with van der Waals surface area (Å²) in [5.74, 6) is 0.517. The molecule has 0 saturated heterocycles. The summed E-state index contributed by atoms with van der Waals surface area (Å²) in [6.07, 6.45) is 0. The molecule has 2 aromatic carbocycles. The highest BCUT2D eigenvalue weighted by Crippen LogP contribution is 2.26. The van der Waals surface area contributed by atoms with E-state index in [0.717, 1.165) is 16.8 Å². The molecule has 0 radical (unpaired) electrons. The van der Waals surface area contributed by atoms with Gasteiger partial charge in [-0.2, -0.15) is 5.10 Å². The third kappa shape index (κ3) is 3.49. The molecular formula is C19H18N4O3S. The van der Waals surface area contributed by atoms with Crippen LogP contribution in [-0.4, -0.2) is 37.2 Å². The Bertz CT molecular complexity index is 1110. The number of nitrogens with zero attached hydrogens (tertiary/aromatic N) is 3. The molecule has 3 aromatic rings. The molecule has 0 saturated carbocycles. The van der Waals surface area contributed by atoms with E-state index in [4.69, 9.17) is 9.88 Å². The van der Waals surface area contributed by atoms with E-state index in [1.807, 2.05) is 37.3 Å². The van der Waals surface area contributed by atoms with Crippen LogP contribution in [0.5, 0.6) is 0 Å². The molecule has 0 unspecified atom stereocenters. The SMILES string of the molecule is Cc1ccc(-c2cc(C3=NCCO3)nn2-c2ccc(S(N)(=O)=O)cc2)cc1. The normalized spacial score (nSPS) is 14.1. The van der Waals surface area contributed by atoms with Crippen molar-refractivity contribution in [3.8, 4) is 16.9 Å². The zero-order valence-corrected chi connectivity index (χ0v) is 15.5. The Morgan fingerprint density at radius 2 is 1.78 bits per heavy atom. The number of sulfonamides is 1. The highest BCUT2D eigenvalue weighted by Gasteiger charge is 2.19. The first-order valence-corrected chi connectivity index (χ1v) is 9.94. The van der Waals surface area contributed by atoms with Crippen LogP contribution in [0, 0.1) is 6.92 Å². The van der Waals surface area contributed by atoms with Gasteiger partial charge in [0.15, 0.2) is 0 Å². The van der Waals surface area contributed by atoms with Crippen LogP contribution in [-0.2, 0) is 14.8 Å². The van der Waals surface area contributed by atoms with Gasteiger partial charge in [0.2, 0.25) is 15.9 Å². The van der Waals surface area contributed by atoms with Crippen molar-refractivity contribution >= 4 is 15.9 Å². The lowest BCUT2D eigenvalue weighted by molar-refractivity contribution is 0.347. The third-order valence-corrected chi connectivity index (χ3v) is 5.20. The zero-order chi connectivity index (χ0) is 19.0. The molecule has 138 valence electrons. The van der Waals surface area contributed by atoms with Crippen LogP contribution in [0.3, 0.4) is 0 Å². The molecule has 0 aliphatic carbocycles. The summed E-state index contributed by atoms with van der Waals surface area (Å²) in [7, 11) is -3.75. The van der Waals surface area contributed by atoms with Crippen molar-refractivity contribution in [3.63, 3.8) is 0 Å². The fourth-order valence-electron chi connectivity index (χ4n) is 2.88. The number of aryl methyl sites for hydroxylation is 1. The van der Waals surface area contributed by atoms with E-state index in [1.165, 1.54) is 12.1 Å². The van der Waals surface area contributed by atoms with Crippen molar-refractivity contribution in [1.29, 1.82) is 0 Å². The zero-order valence-electron chi connectivity index (χ0n) is 14.7. The second-order valence-corrected chi connectivity index (χ2v) is 7.83. The predicted octanol–water partition coefficient (Wildman–Crippen LogP) is 2.27. The maximum absolute atomic E-state index is 11.5. The average molecular weight is 382 g/mol. The number of hydrogen-bond acceptors (Lipinski definition) is 5. The second kappa shape index (κ2) is 6.64. The van der Waals surface area contributed by atoms with E-state index >= 15 is 0 Å². The minimum atomic E-state index is -3.75. The van der Waals surface area contributed by atoms with E-state index in [2.05, 4.69) is 10.1 Å². The topological polar surface area (TPSA) is 99.6 Å². The number of aromatic nitrogens is 2. The van der Waals surface area contributed by atoms with Crippen LogP contribution in [0.1, 0.15) is 11.3 Å². The molecule has 27 heavy (non-hydrogen) atoms. The molecular weight excluding hydrogens is 364 g/mol. The minimum Gasteiger partial charge on any atom is -0.474 e. The smallest absolute Gasteiger partial charge is 0.238 e. The van der Waals surface area contributed by atoms with Crippen molar-refractivity contribution in [1.82, 2.24) is 9.78 Å². The largest absolute Gasteiger partial charge is 0.474 e. The van der Waals surface area contributed by atoms with Gasteiger partial charge in [0, 0.05) is 5.56 Å². The summed E-state index contributed by atoms with van der Waals surface area (Å²) in [6, 6.07) is 16.3. The van der Waals surface area contributed by atoms with Gasteiger partial charge in [0.05, 0.1) is 22.8 Å². The number of benzene rings is 2. The van der Waals surface area contributed by atoms with Crippen molar-refractivity contribution < 1.29 is 13.2 Å². The molecule has 4 rings (SSSR count). The first-order chi connectivity index (χ1) is 12.9. The van der Waals surface area contributed by atoms with Crippen LogP contribution in [0.25, 0.3) is 16.9 Å². The van der Waals surface area contributed by atoms with E-state index in [-0.39, 0.29) is 4.90 Å². The van der Waals surface area contributed by atoms with Gasteiger partial charge >= 0.3 is 0 Å². The number of aliphatic imine (C=N–C) groups is 1. The Morgan fingerprint density at radius 1 is 1.07 bits per heavy atom. The second-order valence-electron chi connectivity index (χ2n) is 6.27. The Hall–Kier alpha value is -2.97. The van der Waals surface area contributed by atoms with Gasteiger partial charge in [-0.25, -0.2) is 23.2 Å². The van der Waals surface area contributed by atoms with Gasteiger partial charge in [0.25, 0.3) is 0 Å². The summed E-state index contributed by atoms with van der Waals surface area (Å²) >= 11 is 0. The van der Waals surface area contributed by atoms with Crippen LogP contribution < -0.4 is 5.14 Å². The quantitative estimate of drug-likeness (QED) is 0.748. The molecule has 1 aliphatic rings. The molecule has 1 aliphatic heterocycles. The maximum atomic E-state index is 11.5. The van der Waals surface area contributed by atoms with Crippen molar-refractivity contribution in [2.75, 3.05) is 13.2 Å². The first-order valence-electron chi connectivity index (χ1n) is 8.40. The molecule has 0 atom stereocenters. The Balaban J connectivity index is 1.84. The number of primary sulfonamides is 1. The van der Waals surface area contributed by atoms with Crippen molar-refractivity contribution in [2.24, 2.45) is 10.1 Å². The van der Waals surface area contributed by atoms with Crippen LogP contribution in [0.15, 0.2) is 64.5 Å². The molecule has 2 heterocycles. The molecule has 8 heteroatoms. The van der Waals surface area contributed by atoms with Crippen LogP contribution in [0.2, 0.25) is 0 Å². The summed E-state index contributed by atoms with van der Waals surface area (Å²) < 4.78 is 30.3. The highest BCUT2D eigenvalue weighted by molar-refractivity contribution is 7.89. The van der Waals surface area contributed by atoms with Gasteiger partial charge in [-0.05, 0) is 37.3 Å². The molecule has 7 nitrogen and oxygen atoms in total. The molecule has 0 fully saturated rings. The average Bonchev–Trinajstić information content (AvgIpc) is 3.31. The van der Waals surface area contributed by atoms with E-state index in [9.17, 15) is 8.42 Å². The predicted molar refractivity (Wildman–Crippen MR) is 102 cm³/mol. The minimum absolute atomic E-state index is 0.0546. The first kappa shape index (κ1) is 17.4. The summed E-state index contributed by atoms with van der Waals surface area (Å²) in [6.45, 7) is 3.19. The summed E-state index contributed by atoms with van der Waals surface area (Å²) in [5, 5.41) is 9.82. The highest BCUT2D eigenvalue weighted by atomic mass is 32.2. The molecule has 2 N–H and O–H groups in total. The number of ether oxygens (including phenoxy) is 1. The van der Waals surface area contributed by atoms with Gasteiger partial charge < -0.3 is 4.74 Å².